The van der Waals surface area contributed by atoms with Crippen LogP contribution in [0.15, 0.2) is 48.4 Å². The van der Waals surface area contributed by atoms with E-state index in [1.54, 1.807) is 17.2 Å². The molecule has 1 N–H and O–H groups in total. The average Bonchev–Trinajstić information content (AvgIpc) is 3.12. The maximum atomic E-state index is 12.4. The summed E-state index contributed by atoms with van der Waals surface area (Å²) in [6.07, 6.45) is 7.44. The minimum Gasteiger partial charge on any atom is -0.328 e. The SMILES string of the molecule is CCCCN1C(=O)/C(=C\c2cnn(Cc3ccccc3)c2)NC1=S. The van der Waals surface area contributed by atoms with Crippen molar-refractivity contribution in [2.24, 2.45) is 0 Å². The molecule has 1 aromatic carbocycles. The zero-order valence-corrected chi connectivity index (χ0v) is 14.4. The molecule has 0 saturated carbocycles. The summed E-state index contributed by atoms with van der Waals surface area (Å²) in [4.78, 5) is 14.0. The number of hydrogen-bond acceptors (Lipinski definition) is 3. The third-order valence-corrected chi connectivity index (χ3v) is 4.17. The summed E-state index contributed by atoms with van der Waals surface area (Å²) in [7, 11) is 0. The molecule has 0 atom stereocenters. The van der Waals surface area contributed by atoms with Crippen molar-refractivity contribution in [3.05, 3.63) is 59.5 Å². The Morgan fingerprint density at radius 1 is 1.29 bits per heavy atom. The number of rotatable bonds is 6. The second kappa shape index (κ2) is 7.40. The number of carbonyl (C=O) groups excluding carboxylic acids is 1. The molecule has 124 valence electrons. The van der Waals surface area contributed by atoms with Crippen LogP contribution in [-0.2, 0) is 11.3 Å². The van der Waals surface area contributed by atoms with Gasteiger partial charge in [-0.1, -0.05) is 43.7 Å². The molecule has 0 spiro atoms. The smallest absolute Gasteiger partial charge is 0.276 e. The second-order valence-electron chi connectivity index (χ2n) is 5.76. The molecule has 1 aromatic heterocycles. The van der Waals surface area contributed by atoms with Crippen molar-refractivity contribution in [3.63, 3.8) is 0 Å². The van der Waals surface area contributed by atoms with E-state index < -0.39 is 0 Å². The van der Waals surface area contributed by atoms with Crippen molar-refractivity contribution in [2.45, 2.75) is 26.3 Å². The van der Waals surface area contributed by atoms with E-state index in [-0.39, 0.29) is 5.91 Å². The highest BCUT2D eigenvalue weighted by Gasteiger charge is 2.29. The minimum atomic E-state index is -0.0655. The molecule has 0 aliphatic carbocycles. The Bertz CT molecular complexity index is 766. The van der Waals surface area contributed by atoms with E-state index in [0.717, 1.165) is 18.4 Å². The number of nitrogens with one attached hydrogen (secondary N) is 1. The molecule has 24 heavy (non-hydrogen) atoms. The monoisotopic (exact) mass is 340 g/mol. The van der Waals surface area contributed by atoms with Crippen molar-refractivity contribution in [2.75, 3.05) is 6.54 Å². The Labute approximate surface area is 147 Å². The lowest BCUT2D eigenvalue weighted by molar-refractivity contribution is -0.122. The normalized spacial score (nSPS) is 16.0. The van der Waals surface area contributed by atoms with Crippen molar-refractivity contribution >= 4 is 29.3 Å². The van der Waals surface area contributed by atoms with E-state index in [2.05, 4.69) is 29.5 Å². The van der Waals surface area contributed by atoms with Crippen molar-refractivity contribution in [1.29, 1.82) is 0 Å². The molecule has 1 amide bonds. The van der Waals surface area contributed by atoms with E-state index in [0.29, 0.717) is 23.9 Å². The van der Waals surface area contributed by atoms with Crippen LogP contribution < -0.4 is 5.32 Å². The average molecular weight is 340 g/mol. The summed E-state index contributed by atoms with van der Waals surface area (Å²) >= 11 is 5.25. The Hall–Kier alpha value is -2.47. The first-order chi connectivity index (χ1) is 11.7. The Kier molecular flexibility index (Phi) is 5.05. The maximum Gasteiger partial charge on any atom is 0.276 e. The molecule has 2 aromatic rings. The van der Waals surface area contributed by atoms with Gasteiger partial charge >= 0.3 is 0 Å². The van der Waals surface area contributed by atoms with Gasteiger partial charge in [0.25, 0.3) is 5.91 Å². The van der Waals surface area contributed by atoms with Gasteiger partial charge in [-0.2, -0.15) is 5.10 Å². The second-order valence-corrected chi connectivity index (χ2v) is 6.14. The zero-order chi connectivity index (χ0) is 16.9. The van der Waals surface area contributed by atoms with Crippen LogP contribution in [0.5, 0.6) is 0 Å². The third kappa shape index (κ3) is 3.71. The number of nitrogens with zero attached hydrogens (tertiary/aromatic N) is 3. The van der Waals surface area contributed by atoms with E-state index >= 15 is 0 Å². The van der Waals surface area contributed by atoms with Gasteiger partial charge in [-0.15, -0.1) is 0 Å². The summed E-state index contributed by atoms with van der Waals surface area (Å²) in [5.74, 6) is -0.0655. The lowest BCUT2D eigenvalue weighted by Gasteiger charge is -2.12. The Morgan fingerprint density at radius 2 is 2.08 bits per heavy atom. The van der Waals surface area contributed by atoms with Crippen LogP contribution in [0.1, 0.15) is 30.9 Å². The minimum absolute atomic E-state index is 0.0655. The standard InChI is InChI=1S/C18H20N4OS/c1-2-3-9-22-17(23)16(20-18(22)24)10-15-11-19-21(13-15)12-14-7-5-4-6-8-14/h4-8,10-11,13H,2-3,9,12H2,1H3,(H,20,24)/b16-10+. The first-order valence-electron chi connectivity index (χ1n) is 8.08. The van der Waals surface area contributed by atoms with Crippen LogP contribution >= 0.6 is 12.2 Å². The predicted octanol–water partition coefficient (Wildman–Crippen LogP) is 2.79. The largest absolute Gasteiger partial charge is 0.328 e. The molecule has 0 radical (unpaired) electrons. The fourth-order valence-corrected chi connectivity index (χ4v) is 2.85. The number of hydrogen-bond donors (Lipinski definition) is 1. The van der Waals surface area contributed by atoms with Gasteiger partial charge in [0, 0.05) is 18.3 Å². The lowest BCUT2D eigenvalue weighted by atomic mass is 10.2. The van der Waals surface area contributed by atoms with Crippen LogP contribution in [0.4, 0.5) is 0 Å². The lowest BCUT2D eigenvalue weighted by Crippen LogP contribution is -2.31. The van der Waals surface area contributed by atoms with Crippen LogP contribution in [0.25, 0.3) is 6.08 Å². The van der Waals surface area contributed by atoms with Crippen LogP contribution in [0.2, 0.25) is 0 Å². The van der Waals surface area contributed by atoms with Crippen molar-refractivity contribution in [3.8, 4) is 0 Å². The van der Waals surface area contributed by atoms with Gasteiger partial charge in [0.15, 0.2) is 5.11 Å². The van der Waals surface area contributed by atoms with Gasteiger partial charge in [0.1, 0.15) is 5.70 Å². The Morgan fingerprint density at radius 3 is 2.83 bits per heavy atom. The van der Waals surface area contributed by atoms with E-state index in [9.17, 15) is 4.79 Å². The van der Waals surface area contributed by atoms with Crippen LogP contribution in [0.3, 0.4) is 0 Å². The molecule has 1 saturated heterocycles. The highest BCUT2D eigenvalue weighted by Crippen LogP contribution is 2.15. The number of benzene rings is 1. The van der Waals surface area contributed by atoms with Crippen molar-refractivity contribution < 1.29 is 4.79 Å². The molecule has 1 fully saturated rings. The van der Waals surface area contributed by atoms with Crippen LogP contribution in [-0.4, -0.2) is 32.2 Å². The summed E-state index contributed by atoms with van der Waals surface area (Å²) in [5.41, 5.74) is 2.57. The number of amides is 1. The van der Waals surface area contributed by atoms with Gasteiger partial charge in [0.05, 0.1) is 12.7 Å². The topological polar surface area (TPSA) is 50.2 Å². The highest BCUT2D eigenvalue weighted by atomic mass is 32.1. The number of thiocarbonyl (C=S) groups is 1. The summed E-state index contributed by atoms with van der Waals surface area (Å²) in [6, 6.07) is 10.1. The Balaban J connectivity index is 1.71. The molecule has 1 aliphatic rings. The van der Waals surface area contributed by atoms with E-state index in [4.69, 9.17) is 12.2 Å². The molecular weight excluding hydrogens is 320 g/mol. The highest BCUT2D eigenvalue weighted by molar-refractivity contribution is 7.80. The number of carbonyl (C=O) groups is 1. The zero-order valence-electron chi connectivity index (χ0n) is 13.6. The quantitative estimate of drug-likeness (QED) is 0.649. The maximum absolute atomic E-state index is 12.4. The molecule has 1 aliphatic heterocycles. The van der Waals surface area contributed by atoms with E-state index in [1.807, 2.05) is 29.1 Å². The van der Waals surface area contributed by atoms with Crippen LogP contribution in [0, 0.1) is 0 Å². The van der Waals surface area contributed by atoms with Gasteiger partial charge < -0.3 is 5.32 Å². The summed E-state index contributed by atoms with van der Waals surface area (Å²) in [6.45, 7) is 3.45. The van der Waals surface area contributed by atoms with Gasteiger partial charge in [-0.05, 0) is 30.3 Å². The van der Waals surface area contributed by atoms with E-state index in [1.165, 1.54) is 5.56 Å². The molecule has 0 bridgehead atoms. The summed E-state index contributed by atoms with van der Waals surface area (Å²) < 4.78 is 1.86. The first kappa shape index (κ1) is 16.4. The third-order valence-electron chi connectivity index (χ3n) is 3.85. The molecule has 2 heterocycles. The number of unbranched alkanes of at least 4 members (excludes halogenated alkanes) is 1. The fraction of sp³-hybridized carbons (Fsp3) is 0.278. The molecule has 5 nitrogen and oxygen atoms in total. The molecular formula is C18H20N4OS. The molecule has 3 rings (SSSR count). The predicted molar refractivity (Wildman–Crippen MR) is 98.1 cm³/mol. The van der Waals surface area contributed by atoms with Gasteiger partial charge in [-0.3, -0.25) is 14.4 Å². The number of aromatic nitrogens is 2. The molecule has 6 heteroatoms. The fourth-order valence-electron chi connectivity index (χ4n) is 2.57. The van der Waals surface area contributed by atoms with Gasteiger partial charge in [0.2, 0.25) is 0 Å². The molecule has 0 unspecified atom stereocenters. The van der Waals surface area contributed by atoms with Gasteiger partial charge in [-0.25, -0.2) is 0 Å². The van der Waals surface area contributed by atoms with Crippen molar-refractivity contribution in [1.82, 2.24) is 20.0 Å². The first-order valence-corrected chi connectivity index (χ1v) is 8.49. The summed E-state index contributed by atoms with van der Waals surface area (Å²) in [5, 5.41) is 7.84.